The molecule has 7 heteroatoms. The maximum absolute atomic E-state index is 13.2. The molecule has 1 aromatic carbocycles. The summed E-state index contributed by atoms with van der Waals surface area (Å²) in [6, 6.07) is 9.27. The Hall–Kier alpha value is -3.09. The lowest BCUT2D eigenvalue weighted by molar-refractivity contribution is 0.0606. The van der Waals surface area contributed by atoms with E-state index < -0.39 is 0 Å². The third kappa shape index (κ3) is 3.32. The molecular formula is C20H20FN5O. The number of aryl methyl sites for hydroxylation is 1. The molecule has 2 N–H and O–H groups in total. The zero-order valence-corrected chi connectivity index (χ0v) is 15.0. The van der Waals surface area contributed by atoms with Crippen LogP contribution in [0, 0.1) is 12.7 Å². The van der Waals surface area contributed by atoms with Crippen LogP contribution in [0.2, 0.25) is 0 Å². The van der Waals surface area contributed by atoms with Crippen LogP contribution in [0.4, 0.5) is 10.2 Å². The van der Waals surface area contributed by atoms with Gasteiger partial charge in [-0.05, 0) is 62.6 Å². The molecule has 1 aliphatic heterocycles. The number of piperidine rings is 1. The summed E-state index contributed by atoms with van der Waals surface area (Å²) in [5, 5.41) is 0.705. The molecule has 1 saturated heterocycles. The normalized spacial score (nSPS) is 17.3. The Labute approximate surface area is 156 Å². The lowest BCUT2D eigenvalue weighted by Gasteiger charge is -2.35. The van der Waals surface area contributed by atoms with E-state index in [1.54, 1.807) is 6.92 Å². The van der Waals surface area contributed by atoms with Gasteiger partial charge in [-0.25, -0.2) is 19.3 Å². The zero-order valence-electron chi connectivity index (χ0n) is 15.0. The molecule has 0 radical (unpaired) electrons. The number of nitrogens with zero attached hydrogens (tertiary/aromatic N) is 4. The summed E-state index contributed by atoms with van der Waals surface area (Å²) in [6.07, 6.45) is 2.78. The van der Waals surface area contributed by atoms with Crippen molar-refractivity contribution < 1.29 is 9.18 Å². The van der Waals surface area contributed by atoms with Crippen molar-refractivity contribution in [2.45, 2.75) is 32.2 Å². The minimum Gasteiger partial charge on any atom is -0.383 e. The zero-order chi connectivity index (χ0) is 19.0. The first-order chi connectivity index (χ1) is 13.0. The number of amides is 1. The van der Waals surface area contributed by atoms with E-state index in [4.69, 9.17) is 5.73 Å². The lowest BCUT2D eigenvalue weighted by Crippen LogP contribution is -2.38. The van der Waals surface area contributed by atoms with E-state index in [-0.39, 0.29) is 17.8 Å². The van der Waals surface area contributed by atoms with Crippen LogP contribution in [0.3, 0.4) is 0 Å². The van der Waals surface area contributed by atoms with E-state index in [0.29, 0.717) is 34.8 Å². The van der Waals surface area contributed by atoms with Crippen molar-refractivity contribution in [2.75, 3.05) is 12.3 Å². The Balaban J connectivity index is 1.71. The van der Waals surface area contributed by atoms with Crippen LogP contribution in [0.5, 0.6) is 0 Å². The monoisotopic (exact) mass is 365 g/mol. The van der Waals surface area contributed by atoms with Gasteiger partial charge in [0.1, 0.15) is 17.5 Å². The highest BCUT2D eigenvalue weighted by Gasteiger charge is 2.30. The maximum atomic E-state index is 13.2. The molecule has 0 spiro atoms. The van der Waals surface area contributed by atoms with Gasteiger partial charge in [0.15, 0.2) is 5.65 Å². The van der Waals surface area contributed by atoms with E-state index in [0.717, 1.165) is 25.0 Å². The number of benzene rings is 1. The van der Waals surface area contributed by atoms with Gasteiger partial charge in [0.2, 0.25) is 0 Å². The number of halogens is 1. The highest BCUT2D eigenvalue weighted by Crippen LogP contribution is 2.32. The number of aromatic nitrogens is 3. The number of fused-ring (bicyclic) bond motifs is 1. The van der Waals surface area contributed by atoms with Crippen molar-refractivity contribution in [2.24, 2.45) is 0 Å². The lowest BCUT2D eigenvalue weighted by atomic mass is 9.97. The molecule has 4 rings (SSSR count). The van der Waals surface area contributed by atoms with E-state index in [1.807, 2.05) is 17.0 Å². The second-order valence-electron chi connectivity index (χ2n) is 6.78. The molecule has 1 atom stereocenters. The molecule has 0 saturated carbocycles. The van der Waals surface area contributed by atoms with Crippen molar-refractivity contribution in [3.8, 4) is 0 Å². The summed E-state index contributed by atoms with van der Waals surface area (Å²) in [7, 11) is 0. The van der Waals surface area contributed by atoms with E-state index >= 15 is 0 Å². The molecule has 3 aromatic rings. The molecule has 2 aromatic heterocycles. The van der Waals surface area contributed by atoms with Crippen LogP contribution in [0.15, 0.2) is 36.4 Å². The molecule has 1 fully saturated rings. The third-order valence-electron chi connectivity index (χ3n) is 4.92. The summed E-state index contributed by atoms with van der Waals surface area (Å²) in [6.45, 7) is 2.42. The van der Waals surface area contributed by atoms with Crippen LogP contribution >= 0.6 is 0 Å². The van der Waals surface area contributed by atoms with E-state index in [1.165, 1.54) is 24.3 Å². The molecule has 138 valence electrons. The first-order valence-corrected chi connectivity index (χ1v) is 9.00. The Morgan fingerprint density at radius 1 is 1.11 bits per heavy atom. The van der Waals surface area contributed by atoms with Gasteiger partial charge in [0.05, 0.1) is 17.1 Å². The number of carbonyl (C=O) groups is 1. The van der Waals surface area contributed by atoms with Gasteiger partial charge >= 0.3 is 0 Å². The topological polar surface area (TPSA) is 85.0 Å². The molecule has 1 amide bonds. The predicted octanol–water partition coefficient (Wildman–Crippen LogP) is 3.42. The fourth-order valence-corrected chi connectivity index (χ4v) is 3.59. The average Bonchev–Trinajstić information content (AvgIpc) is 2.67. The maximum Gasteiger partial charge on any atom is 0.254 e. The summed E-state index contributed by atoms with van der Waals surface area (Å²) in [5.41, 5.74) is 7.77. The van der Waals surface area contributed by atoms with Crippen LogP contribution < -0.4 is 5.73 Å². The van der Waals surface area contributed by atoms with Gasteiger partial charge < -0.3 is 10.6 Å². The van der Waals surface area contributed by atoms with Gasteiger partial charge in [0.25, 0.3) is 5.91 Å². The fourth-order valence-electron chi connectivity index (χ4n) is 3.59. The number of hydrogen-bond donors (Lipinski definition) is 1. The Bertz CT molecular complexity index is 1010. The third-order valence-corrected chi connectivity index (χ3v) is 4.92. The first kappa shape index (κ1) is 17.3. The second-order valence-corrected chi connectivity index (χ2v) is 6.78. The molecule has 3 heterocycles. The molecule has 27 heavy (non-hydrogen) atoms. The Morgan fingerprint density at radius 2 is 1.89 bits per heavy atom. The highest BCUT2D eigenvalue weighted by molar-refractivity contribution is 5.94. The van der Waals surface area contributed by atoms with E-state index in [2.05, 4.69) is 15.0 Å². The summed E-state index contributed by atoms with van der Waals surface area (Å²) < 4.78 is 13.2. The van der Waals surface area contributed by atoms with Crippen LogP contribution in [0.25, 0.3) is 11.0 Å². The molecular weight excluding hydrogens is 345 g/mol. The number of hydrogen-bond acceptors (Lipinski definition) is 5. The first-order valence-electron chi connectivity index (χ1n) is 9.00. The Morgan fingerprint density at radius 3 is 2.67 bits per heavy atom. The number of rotatable bonds is 2. The van der Waals surface area contributed by atoms with Gasteiger partial charge in [-0.2, -0.15) is 0 Å². The Kier molecular flexibility index (Phi) is 4.43. The molecule has 0 unspecified atom stereocenters. The average molecular weight is 365 g/mol. The van der Waals surface area contributed by atoms with Gasteiger partial charge in [-0.1, -0.05) is 0 Å². The van der Waals surface area contributed by atoms with Crippen LogP contribution in [0.1, 0.15) is 47.2 Å². The largest absolute Gasteiger partial charge is 0.383 e. The number of carbonyl (C=O) groups excluding carboxylic acids is 1. The van der Waals surface area contributed by atoms with Crippen molar-refractivity contribution in [1.82, 2.24) is 19.9 Å². The van der Waals surface area contributed by atoms with Crippen molar-refractivity contribution >= 4 is 22.8 Å². The molecule has 6 nitrogen and oxygen atoms in total. The van der Waals surface area contributed by atoms with Crippen LogP contribution in [-0.2, 0) is 0 Å². The van der Waals surface area contributed by atoms with Gasteiger partial charge in [0, 0.05) is 12.1 Å². The number of nitrogen functional groups attached to an aromatic ring is 1. The minimum absolute atomic E-state index is 0.111. The van der Waals surface area contributed by atoms with Crippen molar-refractivity contribution in [1.29, 1.82) is 0 Å². The second kappa shape index (κ2) is 6.90. The summed E-state index contributed by atoms with van der Waals surface area (Å²) in [4.78, 5) is 28.0. The quantitative estimate of drug-likeness (QED) is 0.752. The fraction of sp³-hybridized carbons (Fsp3) is 0.300. The standard InChI is InChI=1S/C20H20FN5O/c1-12-23-18(22)15-9-10-16(25-19(15)24-12)17-4-2-3-11-26(17)20(27)13-5-7-14(21)8-6-13/h5-10,17H,2-4,11H2,1H3,(H2,22,23,24,25)/t17-/m0/s1. The van der Waals surface area contributed by atoms with Gasteiger partial charge in [-0.15, -0.1) is 0 Å². The SMILES string of the molecule is Cc1nc(N)c2ccc([C@@H]3CCCCN3C(=O)c3ccc(F)cc3)nc2n1. The molecule has 0 bridgehead atoms. The highest BCUT2D eigenvalue weighted by atomic mass is 19.1. The van der Waals surface area contributed by atoms with Crippen LogP contribution in [-0.4, -0.2) is 32.3 Å². The molecule has 0 aliphatic carbocycles. The summed E-state index contributed by atoms with van der Waals surface area (Å²) in [5.74, 6) is 0.498. The van der Waals surface area contributed by atoms with E-state index in [9.17, 15) is 9.18 Å². The summed E-state index contributed by atoms with van der Waals surface area (Å²) >= 11 is 0. The molecule has 1 aliphatic rings. The predicted molar refractivity (Wildman–Crippen MR) is 101 cm³/mol. The number of likely N-dealkylation sites (tertiary alicyclic amines) is 1. The number of pyridine rings is 1. The number of anilines is 1. The van der Waals surface area contributed by atoms with Gasteiger partial charge in [-0.3, -0.25) is 4.79 Å². The van der Waals surface area contributed by atoms with Crippen molar-refractivity contribution in [3.05, 3.63) is 59.3 Å². The number of nitrogens with two attached hydrogens (primary N) is 1. The van der Waals surface area contributed by atoms with Crippen molar-refractivity contribution in [3.63, 3.8) is 0 Å². The smallest absolute Gasteiger partial charge is 0.254 e. The minimum atomic E-state index is -0.356.